The Labute approximate surface area is 433 Å². The van der Waals surface area contributed by atoms with Crippen molar-refractivity contribution in [3.05, 3.63) is 12.2 Å². The summed E-state index contributed by atoms with van der Waals surface area (Å²) < 4.78 is 0. The molecule has 0 fully saturated rings. The van der Waals surface area contributed by atoms with Gasteiger partial charge in [-0.25, -0.2) is 0 Å². The molecule has 16 heteroatoms. The molecule has 0 unspecified atom stereocenters. The highest BCUT2D eigenvalue weighted by Crippen LogP contribution is 2.15. The quantitative estimate of drug-likeness (QED) is 0.0201. The molecular formula is C55H115NO15. The van der Waals surface area contributed by atoms with Gasteiger partial charge in [0, 0.05) is 33.4 Å². The molecule has 0 aromatic heterocycles. The second kappa shape index (κ2) is 69.8. The summed E-state index contributed by atoms with van der Waals surface area (Å²) in [7, 11) is 3.60. The minimum Gasteiger partial charge on any atom is -0.481 e. The minimum absolute atomic E-state index is 0.244. The van der Waals surface area contributed by atoms with E-state index in [1.807, 2.05) is 0 Å². The highest BCUT2D eigenvalue weighted by molar-refractivity contribution is 5.75. The van der Waals surface area contributed by atoms with Crippen LogP contribution in [0, 0.1) is 5.41 Å². The van der Waals surface area contributed by atoms with Gasteiger partial charge >= 0.3 is 11.9 Å². The molecule has 0 aromatic carbocycles. The number of nitrogens with zero attached hydrogens (tertiary/aromatic N) is 1. The summed E-state index contributed by atoms with van der Waals surface area (Å²) in [5, 5.41) is 99.0. The molecule has 0 aliphatic heterocycles. The molecule has 0 bridgehead atoms. The fourth-order valence-electron chi connectivity index (χ4n) is 6.16. The van der Waals surface area contributed by atoms with Crippen LogP contribution in [0.25, 0.3) is 0 Å². The number of carboxylic acid groups (broad SMARTS) is 2. The zero-order chi connectivity index (χ0) is 55.1. The molecule has 0 radical (unpaired) electrons. The van der Waals surface area contributed by atoms with Crippen LogP contribution >= 0.6 is 0 Å². The Morgan fingerprint density at radius 1 is 0.380 bits per heavy atom. The first-order valence-corrected chi connectivity index (χ1v) is 27.6. The monoisotopic (exact) mass is 1030 g/mol. The molecule has 0 saturated carbocycles. The molecule has 0 atom stereocenters. The smallest absolute Gasteiger partial charge is 0.303 e. The first kappa shape index (κ1) is 80.1. The Morgan fingerprint density at radius 2 is 0.606 bits per heavy atom. The van der Waals surface area contributed by atoms with Crippen LogP contribution in [-0.2, 0) is 14.4 Å². The van der Waals surface area contributed by atoms with Gasteiger partial charge in [0.15, 0.2) is 0 Å². The van der Waals surface area contributed by atoms with Crippen LogP contribution in [0.4, 0.5) is 0 Å². The number of unbranched alkanes of at least 4 members (excludes halogenated alkanes) is 27. The Morgan fingerprint density at radius 3 is 0.803 bits per heavy atom. The lowest BCUT2D eigenvalue weighted by atomic mass is 9.93. The van der Waals surface area contributed by atoms with Gasteiger partial charge in [-0.1, -0.05) is 187 Å². The number of allylic oxidation sites excluding steroid dienone is 2. The second-order valence-electron chi connectivity index (χ2n) is 18.7. The molecule has 0 heterocycles. The molecule has 0 aromatic rings. The van der Waals surface area contributed by atoms with Gasteiger partial charge in [0.1, 0.15) is 12.2 Å². The SMILES string of the molecule is CCCCCC(=O)N(C)C.CCCCCCCC/C=C\CCCCCCCC(=O)O.CCCCCCCCCCCCCCCCCC(=O)O.OCC(CO)(CO)CO.OCC(O)CO.OCC(O)CO. The van der Waals surface area contributed by atoms with E-state index < -0.39 is 56.0 Å². The summed E-state index contributed by atoms with van der Waals surface area (Å²) in [5.74, 6) is -1.07. The number of carbonyl (C=O) groups is 3. The van der Waals surface area contributed by atoms with E-state index in [4.69, 9.17) is 61.3 Å². The van der Waals surface area contributed by atoms with Gasteiger partial charge in [0.05, 0.1) is 58.3 Å². The van der Waals surface area contributed by atoms with Crippen LogP contribution in [0.1, 0.15) is 239 Å². The van der Waals surface area contributed by atoms with Gasteiger partial charge in [-0.05, 0) is 44.9 Å². The maximum absolute atomic E-state index is 10.9. The Balaban J connectivity index is -0.000000191. The third-order valence-corrected chi connectivity index (χ3v) is 11.3. The largest absolute Gasteiger partial charge is 0.481 e. The highest BCUT2D eigenvalue weighted by atomic mass is 16.4. The second-order valence-corrected chi connectivity index (χ2v) is 18.7. The van der Waals surface area contributed by atoms with Crippen molar-refractivity contribution < 1.29 is 75.7 Å². The van der Waals surface area contributed by atoms with E-state index in [-0.39, 0.29) is 32.3 Å². The Bertz CT molecular complexity index is 1010. The van der Waals surface area contributed by atoms with E-state index in [1.165, 1.54) is 167 Å². The Hall–Kier alpha value is -2.25. The van der Waals surface area contributed by atoms with E-state index in [0.29, 0.717) is 19.3 Å². The molecular weight excluding hydrogens is 915 g/mol. The standard InChI is InChI=1S/C18H36O2.C18H34O2.C8H17NO.C5H12O4.2C3H8O3/c2*1-2-3-4-5-6-7-8-9-10-11-12-13-14-15-16-17-18(19)20;1-4-5-6-7-8(10)9(2)3;6-1-5(2-7,3-8)4-9;2*4-1-3(6)2-5/h2-17H2,1H3,(H,19,20);9-10H,2-8,11-17H2,1H3,(H,19,20);4-7H2,1-3H3;6-9H,1-4H2;2*3-6H,1-2H2/b;10-9-;;;;. The van der Waals surface area contributed by atoms with Gasteiger partial charge in [-0.2, -0.15) is 0 Å². The normalized spacial score (nSPS) is 10.8. The zero-order valence-corrected chi connectivity index (χ0v) is 46.0. The maximum atomic E-state index is 10.9. The summed E-state index contributed by atoms with van der Waals surface area (Å²) in [5.41, 5.74) is -1.11. The fraction of sp³-hybridized carbons (Fsp3) is 0.909. The number of amides is 1. The van der Waals surface area contributed by atoms with E-state index >= 15 is 0 Å². The van der Waals surface area contributed by atoms with Crippen LogP contribution in [0.3, 0.4) is 0 Å². The Kier molecular flexibility index (Phi) is 78.8. The van der Waals surface area contributed by atoms with E-state index in [0.717, 1.165) is 32.1 Å². The van der Waals surface area contributed by atoms with Gasteiger partial charge in [0.25, 0.3) is 0 Å². The highest BCUT2D eigenvalue weighted by Gasteiger charge is 2.26. The van der Waals surface area contributed by atoms with Gasteiger partial charge in [0.2, 0.25) is 5.91 Å². The van der Waals surface area contributed by atoms with Gasteiger partial charge in [-0.15, -0.1) is 0 Å². The summed E-state index contributed by atoms with van der Waals surface area (Å²) in [6.07, 6.45) is 43.6. The first-order valence-electron chi connectivity index (χ1n) is 27.6. The third kappa shape index (κ3) is 79.4. The molecule has 1 amide bonds. The number of hydrogen-bond acceptors (Lipinski definition) is 13. The summed E-state index contributed by atoms with van der Waals surface area (Å²) in [6.45, 7) is 3.58. The third-order valence-electron chi connectivity index (χ3n) is 11.3. The van der Waals surface area contributed by atoms with Crippen molar-refractivity contribution in [2.45, 2.75) is 251 Å². The molecule has 430 valence electrons. The topological polar surface area (TPSA) is 297 Å². The minimum atomic E-state index is -1.11. The van der Waals surface area contributed by atoms with Crippen molar-refractivity contribution in [1.29, 1.82) is 0 Å². The van der Waals surface area contributed by atoms with Gasteiger partial charge < -0.3 is 66.2 Å². The molecule has 71 heavy (non-hydrogen) atoms. The van der Waals surface area contributed by atoms with Crippen molar-refractivity contribution in [3.63, 3.8) is 0 Å². The average Bonchev–Trinajstić information content (AvgIpc) is 3.37. The number of aliphatic hydroxyl groups is 10. The summed E-state index contributed by atoms with van der Waals surface area (Å²) in [4.78, 5) is 33.2. The predicted molar refractivity (Wildman–Crippen MR) is 288 cm³/mol. The lowest BCUT2D eigenvalue weighted by Gasteiger charge is -2.23. The lowest BCUT2D eigenvalue weighted by Crippen LogP contribution is -2.37. The molecule has 0 spiro atoms. The molecule has 0 aliphatic rings. The molecule has 16 nitrogen and oxygen atoms in total. The average molecular weight is 1030 g/mol. The van der Waals surface area contributed by atoms with Crippen molar-refractivity contribution in [3.8, 4) is 0 Å². The van der Waals surface area contributed by atoms with E-state index in [9.17, 15) is 14.4 Å². The van der Waals surface area contributed by atoms with Gasteiger partial charge in [-0.3, -0.25) is 14.4 Å². The summed E-state index contributed by atoms with van der Waals surface area (Å²) >= 11 is 0. The van der Waals surface area contributed by atoms with Crippen LogP contribution in [-0.4, -0.2) is 163 Å². The van der Waals surface area contributed by atoms with E-state index in [2.05, 4.69) is 32.9 Å². The van der Waals surface area contributed by atoms with Crippen molar-refractivity contribution in [1.82, 2.24) is 4.90 Å². The predicted octanol–water partition coefficient (Wildman–Crippen LogP) is 8.70. The summed E-state index contributed by atoms with van der Waals surface area (Å²) in [6, 6.07) is 0. The molecule has 0 saturated heterocycles. The first-order chi connectivity index (χ1) is 34.1. The number of carboxylic acids is 2. The number of aliphatic carboxylic acids is 2. The van der Waals surface area contributed by atoms with E-state index in [1.54, 1.807) is 19.0 Å². The van der Waals surface area contributed by atoms with Crippen LogP contribution < -0.4 is 0 Å². The van der Waals surface area contributed by atoms with Crippen molar-refractivity contribution in [2.75, 3.05) is 67.0 Å². The molecule has 0 aliphatic carbocycles. The number of rotatable bonds is 43. The van der Waals surface area contributed by atoms with Crippen LogP contribution in [0.5, 0.6) is 0 Å². The van der Waals surface area contributed by atoms with Crippen molar-refractivity contribution >= 4 is 17.8 Å². The number of hydrogen-bond donors (Lipinski definition) is 12. The number of carbonyl (C=O) groups excluding carboxylic acids is 1. The van der Waals surface area contributed by atoms with Crippen molar-refractivity contribution in [2.24, 2.45) is 5.41 Å². The fourth-order valence-corrected chi connectivity index (χ4v) is 6.16. The van der Waals surface area contributed by atoms with Crippen LogP contribution in [0.15, 0.2) is 12.2 Å². The van der Waals surface area contributed by atoms with Crippen LogP contribution in [0.2, 0.25) is 0 Å². The number of aliphatic hydroxyl groups excluding tert-OH is 10. The molecule has 12 N–H and O–H groups in total. The molecule has 0 rings (SSSR count). The lowest BCUT2D eigenvalue weighted by molar-refractivity contribution is -0.138. The zero-order valence-electron chi connectivity index (χ0n) is 46.0. The maximum Gasteiger partial charge on any atom is 0.303 e.